The third kappa shape index (κ3) is 4.43. The SMILES string of the molecule is CCN(CC(C)C)C(=O)C1CCCCC1(C)N.Cl. The molecule has 0 saturated heterocycles. The average Bonchev–Trinajstić information content (AvgIpc) is 2.24. The zero-order valence-corrected chi connectivity index (χ0v) is 13.1. The van der Waals surface area contributed by atoms with E-state index in [1.54, 1.807) is 0 Å². The van der Waals surface area contributed by atoms with Crippen molar-refractivity contribution in [3.63, 3.8) is 0 Å². The molecule has 2 N–H and O–H groups in total. The van der Waals surface area contributed by atoms with Gasteiger partial charge < -0.3 is 10.6 Å². The molecule has 0 aromatic rings. The molecular formula is C14H29ClN2O. The fraction of sp³-hybridized carbons (Fsp3) is 0.929. The molecule has 1 amide bonds. The third-order valence-electron chi connectivity index (χ3n) is 3.83. The summed E-state index contributed by atoms with van der Waals surface area (Å²) in [6.45, 7) is 10.0. The molecule has 0 aliphatic heterocycles. The molecule has 1 aliphatic rings. The van der Waals surface area contributed by atoms with Crippen LogP contribution in [0.3, 0.4) is 0 Å². The molecule has 1 rings (SSSR count). The zero-order chi connectivity index (χ0) is 13.1. The van der Waals surface area contributed by atoms with Crippen LogP contribution in [0.2, 0.25) is 0 Å². The minimum absolute atomic E-state index is 0. The Bertz CT molecular complexity index is 267. The summed E-state index contributed by atoms with van der Waals surface area (Å²) in [7, 11) is 0. The molecule has 1 aliphatic carbocycles. The van der Waals surface area contributed by atoms with Gasteiger partial charge in [0.2, 0.25) is 5.91 Å². The van der Waals surface area contributed by atoms with E-state index in [9.17, 15) is 4.79 Å². The van der Waals surface area contributed by atoms with Crippen molar-refractivity contribution in [3.05, 3.63) is 0 Å². The van der Waals surface area contributed by atoms with Crippen molar-refractivity contribution >= 4 is 18.3 Å². The topological polar surface area (TPSA) is 46.3 Å². The maximum Gasteiger partial charge on any atom is 0.227 e. The fourth-order valence-corrected chi connectivity index (χ4v) is 2.80. The predicted molar refractivity (Wildman–Crippen MR) is 78.9 cm³/mol. The average molecular weight is 277 g/mol. The Morgan fingerprint density at radius 2 is 2.06 bits per heavy atom. The summed E-state index contributed by atoms with van der Waals surface area (Å²) in [5, 5.41) is 0. The van der Waals surface area contributed by atoms with E-state index < -0.39 is 0 Å². The standard InChI is InChI=1S/C14H28N2O.ClH/c1-5-16(10-11(2)3)13(17)12-8-6-7-9-14(12,4)15;/h11-12H,5-10,15H2,1-4H3;1H. The van der Waals surface area contributed by atoms with Gasteiger partial charge in [-0.2, -0.15) is 0 Å². The molecule has 3 nitrogen and oxygen atoms in total. The molecule has 0 bridgehead atoms. The van der Waals surface area contributed by atoms with Gasteiger partial charge in [0.05, 0.1) is 5.92 Å². The normalized spacial score (nSPS) is 27.8. The van der Waals surface area contributed by atoms with Crippen LogP contribution in [0.15, 0.2) is 0 Å². The molecule has 1 fully saturated rings. The van der Waals surface area contributed by atoms with Crippen LogP contribution in [0.4, 0.5) is 0 Å². The van der Waals surface area contributed by atoms with Gasteiger partial charge in [0.25, 0.3) is 0 Å². The van der Waals surface area contributed by atoms with Crippen molar-refractivity contribution in [3.8, 4) is 0 Å². The summed E-state index contributed by atoms with van der Waals surface area (Å²) in [6, 6.07) is 0. The van der Waals surface area contributed by atoms with Crippen LogP contribution in [-0.2, 0) is 4.79 Å². The van der Waals surface area contributed by atoms with Gasteiger partial charge in [-0.1, -0.05) is 26.7 Å². The van der Waals surface area contributed by atoms with Gasteiger partial charge in [-0.05, 0) is 32.6 Å². The second-order valence-electron chi connectivity index (χ2n) is 6.07. The van der Waals surface area contributed by atoms with Crippen molar-refractivity contribution in [2.75, 3.05) is 13.1 Å². The summed E-state index contributed by atoms with van der Waals surface area (Å²) in [5.74, 6) is 0.812. The van der Waals surface area contributed by atoms with E-state index in [4.69, 9.17) is 5.73 Å². The lowest BCUT2D eigenvalue weighted by atomic mass is 9.74. The van der Waals surface area contributed by atoms with Gasteiger partial charge in [-0.25, -0.2) is 0 Å². The molecule has 4 heteroatoms. The van der Waals surface area contributed by atoms with E-state index in [2.05, 4.69) is 20.8 Å². The van der Waals surface area contributed by atoms with Gasteiger partial charge in [0.15, 0.2) is 0 Å². The maximum atomic E-state index is 12.5. The molecule has 1 saturated carbocycles. The first-order valence-electron chi connectivity index (χ1n) is 6.96. The summed E-state index contributed by atoms with van der Waals surface area (Å²) in [5.41, 5.74) is 5.99. The van der Waals surface area contributed by atoms with E-state index in [-0.39, 0.29) is 29.8 Å². The molecular weight excluding hydrogens is 248 g/mol. The van der Waals surface area contributed by atoms with Gasteiger partial charge >= 0.3 is 0 Å². The van der Waals surface area contributed by atoms with Gasteiger partial charge in [0, 0.05) is 18.6 Å². The smallest absolute Gasteiger partial charge is 0.227 e. The van der Waals surface area contributed by atoms with Crippen LogP contribution in [0.5, 0.6) is 0 Å². The van der Waals surface area contributed by atoms with E-state index in [1.807, 2.05) is 11.8 Å². The second-order valence-corrected chi connectivity index (χ2v) is 6.07. The monoisotopic (exact) mass is 276 g/mol. The number of rotatable bonds is 4. The zero-order valence-electron chi connectivity index (χ0n) is 12.2. The Labute approximate surface area is 118 Å². The number of halogens is 1. The Morgan fingerprint density at radius 1 is 1.44 bits per heavy atom. The molecule has 0 aromatic heterocycles. The highest BCUT2D eigenvalue weighted by Crippen LogP contribution is 2.33. The Kier molecular flexibility index (Phi) is 7.23. The van der Waals surface area contributed by atoms with Gasteiger partial charge in [0.1, 0.15) is 0 Å². The summed E-state index contributed by atoms with van der Waals surface area (Å²) in [6.07, 6.45) is 4.23. The van der Waals surface area contributed by atoms with Crippen LogP contribution in [0.1, 0.15) is 53.4 Å². The van der Waals surface area contributed by atoms with Gasteiger partial charge in [-0.15, -0.1) is 12.4 Å². The van der Waals surface area contributed by atoms with Crippen LogP contribution < -0.4 is 5.73 Å². The predicted octanol–water partition coefficient (Wildman–Crippen LogP) is 2.82. The quantitative estimate of drug-likeness (QED) is 0.858. The van der Waals surface area contributed by atoms with Crippen molar-refractivity contribution < 1.29 is 4.79 Å². The largest absolute Gasteiger partial charge is 0.342 e. The van der Waals surface area contributed by atoms with E-state index in [0.717, 1.165) is 38.8 Å². The number of hydrogen-bond donors (Lipinski definition) is 1. The summed E-state index contributed by atoms with van der Waals surface area (Å²) >= 11 is 0. The number of nitrogens with zero attached hydrogens (tertiary/aromatic N) is 1. The van der Waals surface area contributed by atoms with Crippen LogP contribution in [0.25, 0.3) is 0 Å². The lowest BCUT2D eigenvalue weighted by Gasteiger charge is -2.40. The maximum absolute atomic E-state index is 12.5. The first-order valence-corrected chi connectivity index (χ1v) is 6.96. The number of nitrogens with two attached hydrogens (primary N) is 1. The lowest BCUT2D eigenvalue weighted by molar-refractivity contribution is -0.139. The number of amides is 1. The highest BCUT2D eigenvalue weighted by atomic mass is 35.5. The number of hydrogen-bond acceptors (Lipinski definition) is 2. The highest BCUT2D eigenvalue weighted by molar-refractivity contribution is 5.85. The molecule has 2 atom stereocenters. The number of carbonyl (C=O) groups is 1. The van der Waals surface area contributed by atoms with Crippen LogP contribution >= 0.6 is 12.4 Å². The Morgan fingerprint density at radius 3 is 2.50 bits per heavy atom. The van der Waals surface area contributed by atoms with E-state index >= 15 is 0 Å². The van der Waals surface area contributed by atoms with Crippen LogP contribution in [-0.4, -0.2) is 29.4 Å². The van der Waals surface area contributed by atoms with Crippen molar-refractivity contribution in [1.29, 1.82) is 0 Å². The van der Waals surface area contributed by atoms with Crippen LogP contribution in [0, 0.1) is 11.8 Å². The first-order chi connectivity index (χ1) is 7.88. The molecule has 108 valence electrons. The molecule has 0 spiro atoms. The molecule has 18 heavy (non-hydrogen) atoms. The minimum atomic E-state index is -0.306. The molecule has 0 radical (unpaired) electrons. The lowest BCUT2D eigenvalue weighted by Crippen LogP contribution is -2.54. The third-order valence-corrected chi connectivity index (χ3v) is 3.83. The highest BCUT2D eigenvalue weighted by Gasteiger charge is 2.39. The number of carbonyl (C=O) groups excluding carboxylic acids is 1. The van der Waals surface area contributed by atoms with Crippen molar-refractivity contribution in [2.45, 2.75) is 58.9 Å². The second kappa shape index (κ2) is 7.34. The Balaban J connectivity index is 0.00000289. The van der Waals surface area contributed by atoms with E-state index in [1.165, 1.54) is 0 Å². The first kappa shape index (κ1) is 17.7. The molecule has 2 unspecified atom stereocenters. The fourth-order valence-electron chi connectivity index (χ4n) is 2.80. The van der Waals surface area contributed by atoms with Gasteiger partial charge in [-0.3, -0.25) is 4.79 Å². The van der Waals surface area contributed by atoms with Crippen molar-refractivity contribution in [1.82, 2.24) is 4.90 Å². The summed E-state index contributed by atoms with van der Waals surface area (Å²) in [4.78, 5) is 14.5. The minimum Gasteiger partial charge on any atom is -0.342 e. The Hall–Kier alpha value is -0.280. The summed E-state index contributed by atoms with van der Waals surface area (Å²) < 4.78 is 0. The van der Waals surface area contributed by atoms with E-state index in [0.29, 0.717) is 5.92 Å². The molecule has 0 heterocycles. The molecule has 0 aromatic carbocycles. The van der Waals surface area contributed by atoms with Crippen molar-refractivity contribution in [2.24, 2.45) is 17.6 Å².